The molecule has 0 saturated heterocycles. The first-order valence-corrected chi connectivity index (χ1v) is 5.47. The van der Waals surface area contributed by atoms with E-state index in [2.05, 4.69) is 15.9 Å². The molecule has 0 aliphatic heterocycles. The Hall–Kier alpha value is -1.06. The number of aliphatic hydroxyl groups excluding tert-OH is 1. The molecule has 1 atom stereocenters. The zero-order valence-corrected chi connectivity index (χ0v) is 9.82. The van der Waals surface area contributed by atoms with Crippen LogP contribution in [0.1, 0.15) is 18.6 Å². The number of fused-ring (bicyclic) bond motifs is 1. The van der Waals surface area contributed by atoms with Gasteiger partial charge in [-0.2, -0.15) is 0 Å². The van der Waals surface area contributed by atoms with E-state index >= 15 is 0 Å². The summed E-state index contributed by atoms with van der Waals surface area (Å²) in [6.45, 7) is 1.64. The Labute approximate surface area is 96.3 Å². The number of hydrogen-bond donors (Lipinski definition) is 2. The van der Waals surface area contributed by atoms with Gasteiger partial charge in [-0.3, -0.25) is 0 Å². The lowest BCUT2D eigenvalue weighted by molar-refractivity contribution is 0.195. The molecule has 2 nitrogen and oxygen atoms in total. The molecule has 1 unspecified atom stereocenters. The van der Waals surface area contributed by atoms with Crippen molar-refractivity contribution in [3.63, 3.8) is 0 Å². The van der Waals surface area contributed by atoms with Gasteiger partial charge in [0.25, 0.3) is 0 Å². The van der Waals surface area contributed by atoms with E-state index < -0.39 is 6.10 Å². The van der Waals surface area contributed by atoms with Crippen molar-refractivity contribution in [2.75, 3.05) is 0 Å². The highest BCUT2D eigenvalue weighted by Gasteiger charge is 2.08. The molecule has 2 N–H and O–H groups in total. The van der Waals surface area contributed by atoms with Crippen molar-refractivity contribution in [3.8, 4) is 5.75 Å². The number of aromatic hydroxyl groups is 1. The Morgan fingerprint density at radius 1 is 1.13 bits per heavy atom. The molecule has 0 aliphatic rings. The predicted molar refractivity (Wildman–Crippen MR) is 63.9 cm³/mol. The van der Waals surface area contributed by atoms with Crippen molar-refractivity contribution in [2.45, 2.75) is 13.0 Å². The highest BCUT2D eigenvalue weighted by atomic mass is 79.9. The van der Waals surface area contributed by atoms with E-state index in [0.29, 0.717) is 5.56 Å². The van der Waals surface area contributed by atoms with Gasteiger partial charge in [0.15, 0.2) is 0 Å². The van der Waals surface area contributed by atoms with E-state index in [-0.39, 0.29) is 5.75 Å². The molecule has 78 valence electrons. The zero-order valence-electron chi connectivity index (χ0n) is 8.24. The van der Waals surface area contributed by atoms with Crippen LogP contribution >= 0.6 is 15.9 Å². The fraction of sp³-hybridized carbons (Fsp3) is 0.167. The summed E-state index contributed by atoms with van der Waals surface area (Å²) in [6, 6.07) is 9.28. The van der Waals surface area contributed by atoms with Gasteiger partial charge in [-0.15, -0.1) is 0 Å². The van der Waals surface area contributed by atoms with Crippen LogP contribution in [0.3, 0.4) is 0 Å². The molecule has 0 aromatic heterocycles. The van der Waals surface area contributed by atoms with E-state index in [1.807, 2.05) is 18.2 Å². The average Bonchev–Trinajstić information content (AvgIpc) is 2.17. The van der Waals surface area contributed by atoms with Crippen molar-refractivity contribution in [1.82, 2.24) is 0 Å². The van der Waals surface area contributed by atoms with Gasteiger partial charge in [0.1, 0.15) is 5.75 Å². The first-order chi connectivity index (χ1) is 7.08. The van der Waals surface area contributed by atoms with Gasteiger partial charge >= 0.3 is 0 Å². The molecule has 2 rings (SSSR count). The van der Waals surface area contributed by atoms with E-state index in [4.69, 9.17) is 0 Å². The van der Waals surface area contributed by atoms with Gasteiger partial charge in [-0.1, -0.05) is 22.0 Å². The van der Waals surface area contributed by atoms with Gasteiger partial charge in [-0.25, -0.2) is 0 Å². The Bertz CT molecular complexity index is 506. The monoisotopic (exact) mass is 266 g/mol. The summed E-state index contributed by atoms with van der Waals surface area (Å²) in [4.78, 5) is 0. The van der Waals surface area contributed by atoms with Crippen molar-refractivity contribution in [2.24, 2.45) is 0 Å². The van der Waals surface area contributed by atoms with Crippen LogP contribution in [-0.4, -0.2) is 10.2 Å². The molecular weight excluding hydrogens is 256 g/mol. The molecule has 0 aliphatic carbocycles. The van der Waals surface area contributed by atoms with E-state index in [9.17, 15) is 10.2 Å². The smallest absolute Gasteiger partial charge is 0.122 e. The van der Waals surface area contributed by atoms with Crippen molar-refractivity contribution in [3.05, 3.63) is 40.4 Å². The second-order valence-corrected chi connectivity index (χ2v) is 4.49. The molecule has 0 spiro atoms. The summed E-state index contributed by atoms with van der Waals surface area (Å²) in [5.41, 5.74) is 0.556. The second-order valence-electron chi connectivity index (χ2n) is 3.58. The van der Waals surface area contributed by atoms with Crippen LogP contribution in [0.5, 0.6) is 5.75 Å². The molecule has 0 fully saturated rings. The van der Waals surface area contributed by atoms with Crippen molar-refractivity contribution in [1.29, 1.82) is 0 Å². The van der Waals surface area contributed by atoms with Gasteiger partial charge in [0.2, 0.25) is 0 Å². The largest absolute Gasteiger partial charge is 0.508 e. The Morgan fingerprint density at radius 2 is 1.87 bits per heavy atom. The van der Waals surface area contributed by atoms with E-state index in [0.717, 1.165) is 15.2 Å². The molecule has 0 saturated carbocycles. The number of benzene rings is 2. The number of halogens is 1. The highest BCUT2D eigenvalue weighted by molar-refractivity contribution is 9.10. The normalized spacial score (nSPS) is 13.0. The number of rotatable bonds is 1. The third kappa shape index (κ3) is 1.98. The summed E-state index contributed by atoms with van der Waals surface area (Å²) in [7, 11) is 0. The minimum absolute atomic E-state index is 0.139. The number of hydrogen-bond acceptors (Lipinski definition) is 2. The Balaban J connectivity index is 2.72. The fourth-order valence-corrected chi connectivity index (χ4v) is 1.99. The Morgan fingerprint density at radius 3 is 2.53 bits per heavy atom. The summed E-state index contributed by atoms with van der Waals surface area (Å²) in [5, 5.41) is 21.1. The minimum atomic E-state index is -0.659. The molecule has 15 heavy (non-hydrogen) atoms. The third-order valence-corrected chi connectivity index (χ3v) is 2.89. The van der Waals surface area contributed by atoms with Crippen molar-refractivity contribution < 1.29 is 10.2 Å². The number of phenols is 1. The van der Waals surface area contributed by atoms with Crippen molar-refractivity contribution >= 4 is 26.7 Å². The zero-order chi connectivity index (χ0) is 11.0. The average molecular weight is 267 g/mol. The lowest BCUT2D eigenvalue weighted by atomic mass is 10.0. The minimum Gasteiger partial charge on any atom is -0.508 e. The first kappa shape index (κ1) is 10.5. The molecule has 2 aromatic carbocycles. The molecule has 3 heteroatoms. The molecule has 0 radical (unpaired) electrons. The van der Waals surface area contributed by atoms with Gasteiger partial charge in [0.05, 0.1) is 6.10 Å². The predicted octanol–water partition coefficient (Wildman–Crippen LogP) is 3.36. The van der Waals surface area contributed by atoms with E-state index in [1.54, 1.807) is 19.1 Å². The van der Waals surface area contributed by atoms with Crippen LogP contribution in [-0.2, 0) is 0 Å². The standard InChI is InChI=1S/C12H11BrO2/c1-7(14)11-5-9-4-10(13)3-2-8(9)6-12(11)15/h2-7,14-15H,1H3. The SMILES string of the molecule is CC(O)c1cc2cc(Br)ccc2cc1O. The molecule has 0 heterocycles. The second kappa shape index (κ2) is 3.83. The topological polar surface area (TPSA) is 40.5 Å². The fourth-order valence-electron chi connectivity index (χ4n) is 1.61. The van der Waals surface area contributed by atoms with Crippen LogP contribution in [0.4, 0.5) is 0 Å². The molecule has 2 aromatic rings. The van der Waals surface area contributed by atoms with Gasteiger partial charge < -0.3 is 10.2 Å². The summed E-state index contributed by atoms with van der Waals surface area (Å²) < 4.78 is 0.984. The number of phenolic OH excluding ortho intramolecular Hbond substituents is 1. The van der Waals surface area contributed by atoms with E-state index in [1.165, 1.54) is 0 Å². The Kier molecular flexibility index (Phi) is 2.67. The lowest BCUT2D eigenvalue weighted by Gasteiger charge is -2.09. The van der Waals surface area contributed by atoms with Gasteiger partial charge in [0, 0.05) is 10.0 Å². The van der Waals surface area contributed by atoms with Crippen LogP contribution in [0, 0.1) is 0 Å². The van der Waals surface area contributed by atoms with Gasteiger partial charge in [-0.05, 0) is 42.0 Å². The van der Waals surface area contributed by atoms with Crippen LogP contribution < -0.4 is 0 Å². The summed E-state index contributed by atoms with van der Waals surface area (Å²) in [6.07, 6.45) is -0.659. The quantitative estimate of drug-likeness (QED) is 0.831. The maximum Gasteiger partial charge on any atom is 0.122 e. The van der Waals surface area contributed by atoms with Crippen LogP contribution in [0.15, 0.2) is 34.8 Å². The highest BCUT2D eigenvalue weighted by Crippen LogP contribution is 2.30. The third-order valence-electron chi connectivity index (χ3n) is 2.40. The molecule has 0 amide bonds. The first-order valence-electron chi connectivity index (χ1n) is 4.68. The maximum atomic E-state index is 9.68. The number of aliphatic hydroxyl groups is 1. The summed E-state index contributed by atoms with van der Waals surface area (Å²) in [5.74, 6) is 0.139. The molecule has 0 bridgehead atoms. The van der Waals surface area contributed by atoms with Crippen LogP contribution in [0.25, 0.3) is 10.8 Å². The van der Waals surface area contributed by atoms with Crippen LogP contribution in [0.2, 0.25) is 0 Å². The lowest BCUT2D eigenvalue weighted by Crippen LogP contribution is -1.91. The maximum absolute atomic E-state index is 9.68. The molecular formula is C12H11BrO2. The summed E-state index contributed by atoms with van der Waals surface area (Å²) >= 11 is 3.39.